The zero-order valence-corrected chi connectivity index (χ0v) is 10.5. The van der Waals surface area contributed by atoms with Crippen LogP contribution in [0.15, 0.2) is 12.1 Å². The average molecular weight is 255 g/mol. The molecule has 0 bridgehead atoms. The first-order valence-electron chi connectivity index (χ1n) is 5.52. The number of nitrogens with two attached hydrogens (primary N) is 1. The van der Waals surface area contributed by atoms with Gasteiger partial charge in [-0.15, -0.1) is 0 Å². The van der Waals surface area contributed by atoms with Crippen molar-refractivity contribution in [2.75, 3.05) is 32.0 Å². The number of ether oxygens (including phenoxy) is 1. The molecule has 1 saturated heterocycles. The van der Waals surface area contributed by atoms with Gasteiger partial charge in [0.15, 0.2) is 0 Å². The summed E-state index contributed by atoms with van der Waals surface area (Å²) in [5.41, 5.74) is 7.72. The predicted molar refractivity (Wildman–Crippen MR) is 67.3 cm³/mol. The molecule has 92 valence electrons. The molecule has 0 spiro atoms. The summed E-state index contributed by atoms with van der Waals surface area (Å²) < 4.78 is 5.21. The standard InChI is InChI=1S/C12H15ClN2O2/c1-8-6-9(10(13)7-11(8)14)12(16)15-2-4-17-5-3-15/h6-7H,2-5,14H2,1H3. The Bertz CT molecular complexity index is 442. The van der Waals surface area contributed by atoms with E-state index >= 15 is 0 Å². The molecule has 17 heavy (non-hydrogen) atoms. The lowest BCUT2D eigenvalue weighted by Gasteiger charge is -2.27. The van der Waals surface area contributed by atoms with Crippen molar-refractivity contribution >= 4 is 23.2 Å². The summed E-state index contributed by atoms with van der Waals surface area (Å²) in [5.74, 6) is -0.0543. The van der Waals surface area contributed by atoms with Crippen molar-refractivity contribution in [3.05, 3.63) is 28.3 Å². The Balaban J connectivity index is 2.26. The lowest BCUT2D eigenvalue weighted by molar-refractivity contribution is 0.0303. The number of carbonyl (C=O) groups is 1. The van der Waals surface area contributed by atoms with E-state index in [1.54, 1.807) is 17.0 Å². The van der Waals surface area contributed by atoms with Gasteiger partial charge in [0.1, 0.15) is 0 Å². The van der Waals surface area contributed by atoms with Crippen molar-refractivity contribution in [2.24, 2.45) is 0 Å². The van der Waals surface area contributed by atoms with Crippen LogP contribution in [0.3, 0.4) is 0 Å². The summed E-state index contributed by atoms with van der Waals surface area (Å²) >= 11 is 6.06. The molecular weight excluding hydrogens is 240 g/mol. The average Bonchev–Trinajstić information content (AvgIpc) is 2.34. The molecule has 0 aromatic heterocycles. The monoisotopic (exact) mass is 254 g/mol. The number of rotatable bonds is 1. The third kappa shape index (κ3) is 2.53. The van der Waals surface area contributed by atoms with Crippen molar-refractivity contribution in [1.29, 1.82) is 0 Å². The molecule has 0 aliphatic carbocycles. The molecule has 0 saturated carbocycles. The van der Waals surface area contributed by atoms with Crippen LogP contribution in [0.2, 0.25) is 5.02 Å². The second kappa shape index (κ2) is 4.94. The van der Waals surface area contributed by atoms with Gasteiger partial charge in [-0.05, 0) is 24.6 Å². The van der Waals surface area contributed by atoms with Gasteiger partial charge in [0.2, 0.25) is 0 Å². The van der Waals surface area contributed by atoms with Crippen LogP contribution in [-0.2, 0) is 4.74 Å². The number of amides is 1. The fourth-order valence-corrected chi connectivity index (χ4v) is 2.05. The van der Waals surface area contributed by atoms with E-state index in [0.717, 1.165) is 5.56 Å². The number of hydrogen-bond donors (Lipinski definition) is 1. The Morgan fingerprint density at radius 3 is 2.71 bits per heavy atom. The van der Waals surface area contributed by atoms with E-state index in [4.69, 9.17) is 22.1 Å². The number of benzene rings is 1. The third-order valence-corrected chi connectivity index (χ3v) is 3.20. The fraction of sp³-hybridized carbons (Fsp3) is 0.417. The number of morpholine rings is 1. The van der Waals surface area contributed by atoms with E-state index in [-0.39, 0.29) is 5.91 Å². The molecule has 2 rings (SSSR count). The van der Waals surface area contributed by atoms with E-state index in [1.807, 2.05) is 6.92 Å². The van der Waals surface area contributed by atoms with Crippen molar-refractivity contribution in [1.82, 2.24) is 4.90 Å². The number of aryl methyl sites for hydroxylation is 1. The summed E-state index contributed by atoms with van der Waals surface area (Å²) in [6.07, 6.45) is 0. The Kier molecular flexibility index (Phi) is 3.54. The van der Waals surface area contributed by atoms with Crippen LogP contribution in [0.5, 0.6) is 0 Å². The van der Waals surface area contributed by atoms with Gasteiger partial charge in [-0.3, -0.25) is 4.79 Å². The highest BCUT2D eigenvalue weighted by Gasteiger charge is 2.21. The minimum absolute atomic E-state index is 0.0543. The first kappa shape index (κ1) is 12.2. The highest BCUT2D eigenvalue weighted by atomic mass is 35.5. The smallest absolute Gasteiger partial charge is 0.255 e. The van der Waals surface area contributed by atoms with Gasteiger partial charge in [-0.1, -0.05) is 11.6 Å². The zero-order valence-electron chi connectivity index (χ0n) is 9.70. The molecule has 1 heterocycles. The second-order valence-electron chi connectivity index (χ2n) is 4.09. The molecule has 1 amide bonds. The summed E-state index contributed by atoms with van der Waals surface area (Å²) in [6.45, 7) is 4.24. The summed E-state index contributed by atoms with van der Waals surface area (Å²) in [6, 6.07) is 3.38. The molecule has 4 nitrogen and oxygen atoms in total. The van der Waals surface area contributed by atoms with E-state index in [9.17, 15) is 4.79 Å². The van der Waals surface area contributed by atoms with Gasteiger partial charge in [0.05, 0.1) is 23.8 Å². The Morgan fingerprint density at radius 2 is 2.06 bits per heavy atom. The normalized spacial score (nSPS) is 16.0. The number of hydrogen-bond acceptors (Lipinski definition) is 3. The Labute approximate surface area is 105 Å². The molecular formula is C12H15ClN2O2. The minimum atomic E-state index is -0.0543. The van der Waals surface area contributed by atoms with Crippen LogP contribution in [0.4, 0.5) is 5.69 Å². The molecule has 1 aliphatic heterocycles. The Morgan fingerprint density at radius 1 is 1.41 bits per heavy atom. The van der Waals surface area contributed by atoms with Gasteiger partial charge in [0, 0.05) is 18.8 Å². The van der Waals surface area contributed by atoms with Gasteiger partial charge < -0.3 is 15.4 Å². The molecule has 1 aromatic rings. The van der Waals surface area contributed by atoms with E-state index in [1.165, 1.54) is 0 Å². The van der Waals surface area contributed by atoms with Crippen LogP contribution in [0, 0.1) is 6.92 Å². The number of anilines is 1. The largest absolute Gasteiger partial charge is 0.398 e. The molecule has 5 heteroatoms. The van der Waals surface area contributed by atoms with Crippen LogP contribution < -0.4 is 5.73 Å². The first-order chi connectivity index (χ1) is 8.09. The number of carbonyl (C=O) groups excluding carboxylic acids is 1. The van der Waals surface area contributed by atoms with E-state index < -0.39 is 0 Å². The summed E-state index contributed by atoms with van der Waals surface area (Å²) in [4.78, 5) is 14.0. The van der Waals surface area contributed by atoms with E-state index in [2.05, 4.69) is 0 Å². The quantitative estimate of drug-likeness (QED) is 0.776. The zero-order chi connectivity index (χ0) is 12.4. The SMILES string of the molecule is Cc1cc(C(=O)N2CCOCC2)c(Cl)cc1N. The first-order valence-corrected chi connectivity index (χ1v) is 5.90. The van der Waals surface area contributed by atoms with Crippen LogP contribution in [0.1, 0.15) is 15.9 Å². The van der Waals surface area contributed by atoms with E-state index in [0.29, 0.717) is 42.6 Å². The maximum atomic E-state index is 12.2. The maximum absolute atomic E-state index is 12.2. The molecule has 1 aromatic carbocycles. The molecule has 0 atom stereocenters. The molecule has 0 unspecified atom stereocenters. The van der Waals surface area contributed by atoms with Gasteiger partial charge in [-0.2, -0.15) is 0 Å². The van der Waals surface area contributed by atoms with Gasteiger partial charge in [0.25, 0.3) is 5.91 Å². The van der Waals surface area contributed by atoms with Crippen molar-refractivity contribution in [3.8, 4) is 0 Å². The molecule has 1 aliphatic rings. The maximum Gasteiger partial charge on any atom is 0.255 e. The summed E-state index contributed by atoms with van der Waals surface area (Å²) in [5, 5.41) is 0.407. The molecule has 1 fully saturated rings. The Hall–Kier alpha value is -1.26. The highest BCUT2D eigenvalue weighted by Crippen LogP contribution is 2.24. The van der Waals surface area contributed by atoms with Crippen LogP contribution in [0.25, 0.3) is 0 Å². The van der Waals surface area contributed by atoms with Crippen molar-refractivity contribution in [2.45, 2.75) is 6.92 Å². The van der Waals surface area contributed by atoms with Crippen LogP contribution in [-0.4, -0.2) is 37.1 Å². The number of halogens is 1. The molecule has 0 radical (unpaired) electrons. The molecule has 2 N–H and O–H groups in total. The van der Waals surface area contributed by atoms with Gasteiger partial charge in [-0.25, -0.2) is 0 Å². The minimum Gasteiger partial charge on any atom is -0.398 e. The number of nitrogens with zero attached hydrogens (tertiary/aromatic N) is 1. The summed E-state index contributed by atoms with van der Waals surface area (Å²) in [7, 11) is 0. The highest BCUT2D eigenvalue weighted by molar-refractivity contribution is 6.34. The van der Waals surface area contributed by atoms with Gasteiger partial charge >= 0.3 is 0 Å². The van der Waals surface area contributed by atoms with Crippen LogP contribution >= 0.6 is 11.6 Å². The topological polar surface area (TPSA) is 55.6 Å². The fourth-order valence-electron chi connectivity index (χ4n) is 1.80. The van der Waals surface area contributed by atoms with Crippen molar-refractivity contribution in [3.63, 3.8) is 0 Å². The van der Waals surface area contributed by atoms with Crippen molar-refractivity contribution < 1.29 is 9.53 Å². The lowest BCUT2D eigenvalue weighted by Crippen LogP contribution is -2.40. The number of nitrogen functional groups attached to an aromatic ring is 1. The lowest BCUT2D eigenvalue weighted by atomic mass is 10.1. The second-order valence-corrected chi connectivity index (χ2v) is 4.50. The predicted octanol–water partition coefficient (Wildman–Crippen LogP) is 1.70. The third-order valence-electron chi connectivity index (χ3n) is 2.88.